The predicted octanol–water partition coefficient (Wildman–Crippen LogP) is 2.07. The van der Waals surface area contributed by atoms with E-state index >= 15 is 0 Å². The van der Waals surface area contributed by atoms with Crippen molar-refractivity contribution in [3.63, 3.8) is 0 Å². The molecule has 0 aromatic heterocycles. The van der Waals surface area contributed by atoms with Crippen molar-refractivity contribution in [3.8, 4) is 0 Å². The Morgan fingerprint density at radius 1 is 1.25 bits per heavy atom. The summed E-state index contributed by atoms with van der Waals surface area (Å²) in [7, 11) is 0. The molecule has 0 atom stereocenters. The van der Waals surface area contributed by atoms with Crippen molar-refractivity contribution in [2.45, 2.75) is 58.4 Å². The van der Waals surface area contributed by atoms with Crippen LogP contribution in [0.3, 0.4) is 0 Å². The van der Waals surface area contributed by atoms with E-state index in [0.29, 0.717) is 6.54 Å². The molecule has 1 amide bonds. The number of rotatable bonds is 5. The monoisotopic (exact) mass is 226 g/mol. The number of carbonyl (C=O) groups is 1. The summed E-state index contributed by atoms with van der Waals surface area (Å²) in [6.07, 6.45) is 6.63. The van der Waals surface area contributed by atoms with E-state index in [9.17, 15) is 4.79 Å². The molecule has 0 aliphatic heterocycles. The van der Waals surface area contributed by atoms with Crippen LogP contribution < -0.4 is 10.6 Å². The Hall–Kier alpha value is -0.570. The molecule has 0 aromatic carbocycles. The van der Waals surface area contributed by atoms with Gasteiger partial charge in [-0.1, -0.05) is 25.7 Å². The molecule has 0 aromatic rings. The van der Waals surface area contributed by atoms with Gasteiger partial charge in [0.1, 0.15) is 0 Å². The van der Waals surface area contributed by atoms with Crippen molar-refractivity contribution in [3.05, 3.63) is 0 Å². The van der Waals surface area contributed by atoms with Crippen molar-refractivity contribution < 1.29 is 4.79 Å². The summed E-state index contributed by atoms with van der Waals surface area (Å²) in [6, 6.07) is 0. The van der Waals surface area contributed by atoms with Gasteiger partial charge in [-0.15, -0.1) is 0 Å². The van der Waals surface area contributed by atoms with Crippen LogP contribution in [0.4, 0.5) is 0 Å². The minimum absolute atomic E-state index is 0.0167. The van der Waals surface area contributed by atoms with Gasteiger partial charge in [0.15, 0.2) is 0 Å². The van der Waals surface area contributed by atoms with Crippen LogP contribution in [0.1, 0.15) is 52.9 Å². The van der Waals surface area contributed by atoms with E-state index < -0.39 is 0 Å². The SMILES string of the molecule is CC(C)(C)NCC(=O)NCCC1CCCC1. The summed E-state index contributed by atoms with van der Waals surface area (Å²) in [5.74, 6) is 0.976. The van der Waals surface area contributed by atoms with Gasteiger partial charge in [0, 0.05) is 12.1 Å². The second kappa shape index (κ2) is 6.24. The molecule has 0 radical (unpaired) electrons. The maximum atomic E-state index is 11.5. The lowest BCUT2D eigenvalue weighted by atomic mass is 10.0. The Balaban J connectivity index is 2.01. The fraction of sp³-hybridized carbons (Fsp3) is 0.923. The van der Waals surface area contributed by atoms with Gasteiger partial charge >= 0.3 is 0 Å². The highest BCUT2D eigenvalue weighted by molar-refractivity contribution is 5.78. The molecule has 94 valence electrons. The van der Waals surface area contributed by atoms with E-state index in [1.54, 1.807) is 0 Å². The van der Waals surface area contributed by atoms with Gasteiger partial charge in [-0.2, -0.15) is 0 Å². The number of nitrogens with one attached hydrogen (secondary N) is 2. The fourth-order valence-electron chi connectivity index (χ4n) is 2.12. The average molecular weight is 226 g/mol. The van der Waals surface area contributed by atoms with Crippen LogP contribution in [0.5, 0.6) is 0 Å². The summed E-state index contributed by atoms with van der Waals surface area (Å²) in [5, 5.41) is 6.17. The van der Waals surface area contributed by atoms with Gasteiger partial charge in [0.25, 0.3) is 0 Å². The lowest BCUT2D eigenvalue weighted by Gasteiger charge is -2.20. The fourth-order valence-corrected chi connectivity index (χ4v) is 2.12. The zero-order valence-electron chi connectivity index (χ0n) is 10.9. The van der Waals surface area contributed by atoms with E-state index in [-0.39, 0.29) is 11.4 Å². The van der Waals surface area contributed by atoms with Gasteiger partial charge in [-0.25, -0.2) is 0 Å². The normalized spacial score (nSPS) is 17.7. The summed E-state index contributed by atoms with van der Waals surface area (Å²) < 4.78 is 0. The number of carbonyl (C=O) groups excluding carboxylic acids is 1. The smallest absolute Gasteiger partial charge is 0.233 e. The van der Waals surface area contributed by atoms with E-state index in [1.807, 2.05) is 0 Å². The predicted molar refractivity (Wildman–Crippen MR) is 67.3 cm³/mol. The van der Waals surface area contributed by atoms with Crippen molar-refractivity contribution >= 4 is 5.91 Å². The van der Waals surface area contributed by atoms with E-state index in [0.717, 1.165) is 18.9 Å². The Morgan fingerprint density at radius 2 is 1.88 bits per heavy atom. The van der Waals surface area contributed by atoms with Crippen LogP contribution in [-0.2, 0) is 4.79 Å². The molecule has 0 spiro atoms. The third-order valence-electron chi connectivity index (χ3n) is 3.13. The van der Waals surface area contributed by atoms with E-state index in [2.05, 4.69) is 31.4 Å². The molecule has 0 bridgehead atoms. The second-order valence-electron chi connectivity index (χ2n) is 5.89. The van der Waals surface area contributed by atoms with Gasteiger partial charge in [-0.3, -0.25) is 4.79 Å². The highest BCUT2D eigenvalue weighted by Gasteiger charge is 2.15. The number of amides is 1. The molecule has 0 saturated heterocycles. The first-order valence-electron chi connectivity index (χ1n) is 6.49. The first-order valence-corrected chi connectivity index (χ1v) is 6.49. The lowest BCUT2D eigenvalue weighted by molar-refractivity contribution is -0.120. The Morgan fingerprint density at radius 3 is 2.44 bits per heavy atom. The molecule has 1 saturated carbocycles. The number of hydrogen-bond acceptors (Lipinski definition) is 2. The Kier molecular flexibility index (Phi) is 5.26. The number of hydrogen-bond donors (Lipinski definition) is 2. The molecule has 0 unspecified atom stereocenters. The maximum absolute atomic E-state index is 11.5. The summed E-state index contributed by atoms with van der Waals surface area (Å²) in [4.78, 5) is 11.5. The minimum Gasteiger partial charge on any atom is -0.355 e. The van der Waals surface area contributed by atoms with Crippen LogP contribution in [0, 0.1) is 5.92 Å². The second-order valence-corrected chi connectivity index (χ2v) is 5.89. The molecular formula is C13H26N2O. The van der Waals surface area contributed by atoms with Gasteiger partial charge in [0.2, 0.25) is 5.91 Å². The van der Waals surface area contributed by atoms with Crippen molar-refractivity contribution in [1.29, 1.82) is 0 Å². The van der Waals surface area contributed by atoms with Crippen molar-refractivity contribution in [2.24, 2.45) is 5.92 Å². The highest BCUT2D eigenvalue weighted by Crippen LogP contribution is 2.26. The summed E-state index contributed by atoms with van der Waals surface area (Å²) >= 11 is 0. The molecule has 1 aliphatic rings. The summed E-state index contributed by atoms with van der Waals surface area (Å²) in [5.41, 5.74) is 0.0167. The van der Waals surface area contributed by atoms with Crippen molar-refractivity contribution in [1.82, 2.24) is 10.6 Å². The Labute approximate surface area is 99.4 Å². The topological polar surface area (TPSA) is 41.1 Å². The van der Waals surface area contributed by atoms with Gasteiger partial charge in [-0.05, 0) is 33.1 Å². The average Bonchev–Trinajstić information content (AvgIpc) is 2.66. The molecule has 1 aliphatic carbocycles. The Bertz CT molecular complexity index is 214. The highest BCUT2D eigenvalue weighted by atomic mass is 16.1. The molecule has 3 nitrogen and oxygen atoms in total. The maximum Gasteiger partial charge on any atom is 0.233 e. The molecule has 1 fully saturated rings. The third kappa shape index (κ3) is 6.11. The van der Waals surface area contributed by atoms with Gasteiger partial charge in [0.05, 0.1) is 6.54 Å². The van der Waals surface area contributed by atoms with Crippen molar-refractivity contribution in [2.75, 3.05) is 13.1 Å². The molecule has 2 N–H and O–H groups in total. The van der Waals surface area contributed by atoms with Crippen LogP contribution in [0.25, 0.3) is 0 Å². The molecule has 3 heteroatoms. The first kappa shape index (κ1) is 13.5. The first-order chi connectivity index (χ1) is 7.47. The quantitative estimate of drug-likeness (QED) is 0.753. The standard InChI is InChI=1S/C13H26N2O/c1-13(2,3)15-10-12(16)14-9-8-11-6-4-5-7-11/h11,15H,4-10H2,1-3H3,(H,14,16). The zero-order chi connectivity index (χ0) is 12.0. The molecule has 16 heavy (non-hydrogen) atoms. The van der Waals surface area contributed by atoms with Crippen LogP contribution in [0.15, 0.2) is 0 Å². The zero-order valence-corrected chi connectivity index (χ0v) is 10.9. The van der Waals surface area contributed by atoms with Crippen LogP contribution in [-0.4, -0.2) is 24.5 Å². The largest absolute Gasteiger partial charge is 0.355 e. The molecule has 1 rings (SSSR count). The van der Waals surface area contributed by atoms with E-state index in [4.69, 9.17) is 0 Å². The third-order valence-corrected chi connectivity index (χ3v) is 3.13. The minimum atomic E-state index is 0.0167. The summed E-state index contributed by atoms with van der Waals surface area (Å²) in [6.45, 7) is 7.47. The molecular weight excluding hydrogens is 200 g/mol. The van der Waals surface area contributed by atoms with Crippen LogP contribution >= 0.6 is 0 Å². The van der Waals surface area contributed by atoms with Crippen LogP contribution in [0.2, 0.25) is 0 Å². The lowest BCUT2D eigenvalue weighted by Crippen LogP contribution is -2.43. The molecule has 0 heterocycles. The van der Waals surface area contributed by atoms with E-state index in [1.165, 1.54) is 25.7 Å². The van der Waals surface area contributed by atoms with Gasteiger partial charge < -0.3 is 10.6 Å².